The Hall–Kier alpha value is -2.20. The second-order valence-electron chi connectivity index (χ2n) is 8.27. The van der Waals surface area contributed by atoms with Crippen LogP contribution in [0.5, 0.6) is 0 Å². The van der Waals surface area contributed by atoms with E-state index in [1.807, 2.05) is 18.2 Å². The standard InChI is InChI=1S/C25H29O2Si/c1-19-17-20(18-26)15-16-23(19)24(25(2,3)4)27-28(21-11-7-5-8-12-21)22-13-9-6-10-14-22/h5-17,24,26H,18H2,1-4H3. The van der Waals surface area contributed by atoms with Gasteiger partial charge in [-0.25, -0.2) is 0 Å². The topological polar surface area (TPSA) is 29.5 Å². The highest BCUT2D eigenvalue weighted by molar-refractivity contribution is 6.80. The molecule has 0 aromatic heterocycles. The number of aliphatic hydroxyl groups excluding tert-OH is 1. The molecule has 28 heavy (non-hydrogen) atoms. The van der Waals surface area contributed by atoms with E-state index in [1.165, 1.54) is 15.9 Å². The molecule has 0 aliphatic rings. The van der Waals surface area contributed by atoms with Gasteiger partial charge in [-0.1, -0.05) is 99.6 Å². The minimum atomic E-state index is -1.41. The summed E-state index contributed by atoms with van der Waals surface area (Å²) in [6.45, 7) is 8.85. The Morgan fingerprint density at radius 2 is 1.39 bits per heavy atom. The highest BCUT2D eigenvalue weighted by atomic mass is 28.3. The zero-order valence-electron chi connectivity index (χ0n) is 17.1. The fourth-order valence-corrected chi connectivity index (χ4v) is 5.75. The number of hydrogen-bond donors (Lipinski definition) is 1. The molecule has 2 nitrogen and oxygen atoms in total. The van der Waals surface area contributed by atoms with Crippen LogP contribution in [0, 0.1) is 12.3 Å². The van der Waals surface area contributed by atoms with Crippen molar-refractivity contribution in [3.05, 3.63) is 95.6 Å². The molecular formula is C25H29O2Si. The van der Waals surface area contributed by atoms with Crippen molar-refractivity contribution in [2.45, 2.75) is 40.4 Å². The van der Waals surface area contributed by atoms with Crippen LogP contribution in [0.25, 0.3) is 0 Å². The lowest BCUT2D eigenvalue weighted by Gasteiger charge is -2.35. The van der Waals surface area contributed by atoms with Crippen LogP contribution in [0.15, 0.2) is 78.9 Å². The van der Waals surface area contributed by atoms with Gasteiger partial charge in [-0.15, -0.1) is 0 Å². The molecule has 0 fully saturated rings. The summed E-state index contributed by atoms with van der Waals surface area (Å²) in [6, 6.07) is 27.3. The number of aliphatic hydroxyl groups is 1. The van der Waals surface area contributed by atoms with Gasteiger partial charge in [-0.05, 0) is 39.4 Å². The van der Waals surface area contributed by atoms with Gasteiger partial charge >= 0.3 is 0 Å². The lowest BCUT2D eigenvalue weighted by Crippen LogP contribution is -2.47. The molecule has 0 saturated carbocycles. The lowest BCUT2D eigenvalue weighted by atomic mass is 9.83. The van der Waals surface area contributed by atoms with Gasteiger partial charge in [0.05, 0.1) is 12.7 Å². The van der Waals surface area contributed by atoms with Crippen LogP contribution in [0.4, 0.5) is 0 Å². The third-order valence-electron chi connectivity index (χ3n) is 4.89. The highest BCUT2D eigenvalue weighted by Crippen LogP contribution is 2.38. The van der Waals surface area contributed by atoms with Crippen molar-refractivity contribution >= 4 is 19.4 Å². The largest absolute Gasteiger partial charge is 0.400 e. The summed E-state index contributed by atoms with van der Waals surface area (Å²) in [5, 5.41) is 12.0. The monoisotopic (exact) mass is 389 g/mol. The normalized spacial score (nSPS) is 12.9. The van der Waals surface area contributed by atoms with Crippen molar-refractivity contribution in [2.75, 3.05) is 0 Å². The molecule has 0 aliphatic carbocycles. The third-order valence-corrected chi connectivity index (χ3v) is 7.08. The molecule has 0 bridgehead atoms. The van der Waals surface area contributed by atoms with Gasteiger partial charge in [0.2, 0.25) is 0 Å². The number of benzene rings is 3. The van der Waals surface area contributed by atoms with Gasteiger partial charge in [0.1, 0.15) is 0 Å². The molecule has 3 aromatic carbocycles. The Kier molecular flexibility index (Phi) is 6.50. The van der Waals surface area contributed by atoms with Crippen LogP contribution >= 0.6 is 0 Å². The van der Waals surface area contributed by atoms with E-state index in [4.69, 9.17) is 4.43 Å². The molecule has 3 aromatic rings. The van der Waals surface area contributed by atoms with Gasteiger partial charge in [0.25, 0.3) is 9.04 Å². The molecular weight excluding hydrogens is 360 g/mol. The molecule has 1 atom stereocenters. The van der Waals surface area contributed by atoms with Crippen molar-refractivity contribution in [3.63, 3.8) is 0 Å². The van der Waals surface area contributed by atoms with Crippen molar-refractivity contribution in [2.24, 2.45) is 5.41 Å². The highest BCUT2D eigenvalue weighted by Gasteiger charge is 2.33. The van der Waals surface area contributed by atoms with Crippen LogP contribution in [-0.2, 0) is 11.0 Å². The van der Waals surface area contributed by atoms with E-state index in [9.17, 15) is 5.11 Å². The van der Waals surface area contributed by atoms with Gasteiger partial charge in [-0.3, -0.25) is 0 Å². The number of hydrogen-bond acceptors (Lipinski definition) is 2. The lowest BCUT2D eigenvalue weighted by molar-refractivity contribution is 0.0891. The van der Waals surface area contributed by atoms with Crippen LogP contribution in [0.1, 0.15) is 43.6 Å². The van der Waals surface area contributed by atoms with Gasteiger partial charge < -0.3 is 9.53 Å². The molecule has 0 heterocycles. The maximum absolute atomic E-state index is 9.47. The molecule has 1 radical (unpaired) electrons. The molecule has 3 heteroatoms. The van der Waals surface area contributed by atoms with Crippen molar-refractivity contribution in [1.29, 1.82) is 0 Å². The number of rotatable bonds is 6. The summed E-state index contributed by atoms with van der Waals surface area (Å²) < 4.78 is 6.97. The van der Waals surface area contributed by atoms with E-state index in [-0.39, 0.29) is 18.1 Å². The first-order valence-corrected chi connectivity index (χ1v) is 11.2. The molecule has 3 rings (SSSR count). The quantitative estimate of drug-likeness (QED) is 0.633. The molecule has 0 spiro atoms. The SMILES string of the molecule is Cc1cc(CO)ccc1C(O[Si](c1ccccc1)c1ccccc1)C(C)(C)C. The summed E-state index contributed by atoms with van der Waals surface area (Å²) in [6.07, 6.45) is -0.0467. The average Bonchev–Trinajstić information content (AvgIpc) is 2.69. The van der Waals surface area contributed by atoms with E-state index < -0.39 is 9.04 Å². The molecule has 0 saturated heterocycles. The van der Waals surface area contributed by atoms with Crippen LogP contribution in [0.2, 0.25) is 0 Å². The van der Waals surface area contributed by atoms with E-state index >= 15 is 0 Å². The summed E-state index contributed by atoms with van der Waals surface area (Å²) in [5.41, 5.74) is 3.23. The predicted molar refractivity (Wildman–Crippen MR) is 118 cm³/mol. The van der Waals surface area contributed by atoms with E-state index in [0.29, 0.717) is 0 Å². The smallest absolute Gasteiger partial charge is 0.283 e. The first-order chi connectivity index (χ1) is 13.4. The minimum absolute atomic E-state index is 0.0467. The predicted octanol–water partition coefficient (Wildman–Crippen LogP) is 4.40. The molecule has 1 N–H and O–H groups in total. The zero-order chi connectivity index (χ0) is 20.1. The average molecular weight is 390 g/mol. The zero-order valence-corrected chi connectivity index (χ0v) is 18.1. The van der Waals surface area contributed by atoms with Gasteiger partial charge in [-0.2, -0.15) is 0 Å². The summed E-state index contributed by atoms with van der Waals surface area (Å²) >= 11 is 0. The Morgan fingerprint density at radius 3 is 1.82 bits per heavy atom. The fourth-order valence-electron chi connectivity index (χ4n) is 3.44. The van der Waals surface area contributed by atoms with Crippen LogP contribution in [-0.4, -0.2) is 14.1 Å². The Balaban J connectivity index is 2.04. The summed E-state index contributed by atoms with van der Waals surface area (Å²) in [7, 11) is -1.41. The molecule has 0 aliphatic heterocycles. The van der Waals surface area contributed by atoms with Gasteiger partial charge in [0, 0.05) is 0 Å². The molecule has 0 amide bonds. The fraction of sp³-hybridized carbons (Fsp3) is 0.280. The minimum Gasteiger partial charge on any atom is -0.400 e. The Morgan fingerprint density at radius 1 is 0.857 bits per heavy atom. The summed E-state index contributed by atoms with van der Waals surface area (Å²) in [4.78, 5) is 0. The molecule has 1 unspecified atom stereocenters. The number of aryl methyl sites for hydroxylation is 1. The second kappa shape index (κ2) is 8.87. The maximum atomic E-state index is 9.47. The van der Waals surface area contributed by atoms with Crippen molar-refractivity contribution < 1.29 is 9.53 Å². The first-order valence-electron chi connectivity index (χ1n) is 9.75. The van der Waals surface area contributed by atoms with Gasteiger partial charge in [0.15, 0.2) is 0 Å². The van der Waals surface area contributed by atoms with Crippen LogP contribution < -0.4 is 10.4 Å². The van der Waals surface area contributed by atoms with Crippen molar-refractivity contribution in [3.8, 4) is 0 Å². The Bertz CT molecular complexity index is 846. The second-order valence-corrected chi connectivity index (χ2v) is 10.3. The van der Waals surface area contributed by atoms with E-state index in [1.54, 1.807) is 0 Å². The van der Waals surface area contributed by atoms with E-state index in [2.05, 4.69) is 88.4 Å². The van der Waals surface area contributed by atoms with Crippen LogP contribution in [0.3, 0.4) is 0 Å². The molecule has 145 valence electrons. The van der Waals surface area contributed by atoms with Crippen molar-refractivity contribution in [1.82, 2.24) is 0 Å². The first kappa shape index (κ1) is 20.5. The maximum Gasteiger partial charge on any atom is 0.283 e. The summed E-state index contributed by atoms with van der Waals surface area (Å²) in [5.74, 6) is 0. The van der Waals surface area contributed by atoms with E-state index in [0.717, 1.165) is 11.1 Å². The third kappa shape index (κ3) is 4.79. The Labute approximate surface area is 170 Å².